The summed E-state index contributed by atoms with van der Waals surface area (Å²) in [5, 5.41) is 3.33. The van der Waals surface area contributed by atoms with Crippen molar-refractivity contribution in [2.24, 2.45) is 5.92 Å². The molecule has 1 aromatic heterocycles. The monoisotopic (exact) mass is 274 g/mol. The maximum Gasteiger partial charge on any atom is 0.147 e. The number of hydrogen-bond donors (Lipinski definition) is 1. The Kier molecular flexibility index (Phi) is 4.51. The lowest BCUT2D eigenvalue weighted by atomic mass is 9.78. The van der Waals surface area contributed by atoms with Crippen LogP contribution in [-0.4, -0.2) is 29.1 Å². The molecule has 2 aliphatic rings. The number of fused-ring (bicyclic) bond motifs is 1. The van der Waals surface area contributed by atoms with Gasteiger partial charge in [0.25, 0.3) is 0 Å². The van der Waals surface area contributed by atoms with Crippen LogP contribution in [-0.2, 0) is 6.54 Å². The van der Waals surface area contributed by atoms with Gasteiger partial charge in [0.2, 0.25) is 0 Å². The Morgan fingerprint density at radius 3 is 2.95 bits per heavy atom. The predicted octanol–water partition coefficient (Wildman–Crippen LogP) is 2.75. The molecule has 0 bridgehead atoms. The third-order valence-electron chi connectivity index (χ3n) is 4.77. The van der Waals surface area contributed by atoms with E-state index in [9.17, 15) is 0 Å². The summed E-state index contributed by atoms with van der Waals surface area (Å²) < 4.78 is 0. The third-order valence-corrected chi connectivity index (χ3v) is 4.77. The van der Waals surface area contributed by atoms with Crippen molar-refractivity contribution in [1.29, 1.82) is 0 Å². The zero-order chi connectivity index (χ0) is 13.8. The molecular formula is C16H26N4. The Morgan fingerprint density at radius 1 is 1.20 bits per heavy atom. The highest BCUT2D eigenvalue weighted by Crippen LogP contribution is 2.36. The van der Waals surface area contributed by atoms with Crippen LogP contribution in [0.15, 0.2) is 12.4 Å². The van der Waals surface area contributed by atoms with Crippen molar-refractivity contribution in [1.82, 2.24) is 15.3 Å². The zero-order valence-electron chi connectivity index (χ0n) is 12.5. The number of rotatable bonds is 4. The molecular weight excluding hydrogens is 248 g/mol. The van der Waals surface area contributed by atoms with E-state index in [4.69, 9.17) is 4.98 Å². The first kappa shape index (κ1) is 13.8. The van der Waals surface area contributed by atoms with Crippen molar-refractivity contribution in [2.45, 2.75) is 58.0 Å². The van der Waals surface area contributed by atoms with Crippen LogP contribution >= 0.6 is 0 Å². The van der Waals surface area contributed by atoms with E-state index in [1.54, 1.807) is 0 Å². The average molecular weight is 274 g/mol. The lowest BCUT2D eigenvalue weighted by Gasteiger charge is -2.44. The maximum atomic E-state index is 4.83. The molecule has 20 heavy (non-hydrogen) atoms. The van der Waals surface area contributed by atoms with Crippen LogP contribution in [0, 0.1) is 5.92 Å². The van der Waals surface area contributed by atoms with E-state index in [2.05, 4.69) is 22.1 Å². The highest BCUT2D eigenvalue weighted by Gasteiger charge is 2.33. The number of piperidine rings is 1. The van der Waals surface area contributed by atoms with Crippen molar-refractivity contribution < 1.29 is 0 Å². The lowest BCUT2D eigenvalue weighted by molar-refractivity contribution is 0.242. The zero-order valence-corrected chi connectivity index (χ0v) is 12.5. The molecule has 2 fully saturated rings. The van der Waals surface area contributed by atoms with Crippen molar-refractivity contribution in [3.63, 3.8) is 0 Å². The van der Waals surface area contributed by atoms with Gasteiger partial charge in [-0.05, 0) is 38.1 Å². The summed E-state index contributed by atoms with van der Waals surface area (Å²) in [6.45, 7) is 5.06. The molecule has 1 aliphatic heterocycles. The average Bonchev–Trinajstić information content (AvgIpc) is 2.52. The summed E-state index contributed by atoms with van der Waals surface area (Å²) in [5.41, 5.74) is 1.06. The molecule has 2 heterocycles. The molecule has 4 nitrogen and oxygen atoms in total. The molecule has 0 amide bonds. The Labute approximate surface area is 122 Å². The van der Waals surface area contributed by atoms with Gasteiger partial charge in [0, 0.05) is 25.3 Å². The van der Waals surface area contributed by atoms with Crippen LogP contribution < -0.4 is 10.2 Å². The minimum atomic E-state index is 0.709. The minimum Gasteiger partial charge on any atom is -0.352 e. The molecule has 0 radical (unpaired) electrons. The van der Waals surface area contributed by atoms with Gasteiger partial charge in [0.05, 0.1) is 11.9 Å². The highest BCUT2D eigenvalue weighted by molar-refractivity contribution is 5.39. The Hall–Kier alpha value is -1.16. The summed E-state index contributed by atoms with van der Waals surface area (Å²) in [5.74, 6) is 1.98. The van der Waals surface area contributed by atoms with Gasteiger partial charge in [0.1, 0.15) is 5.82 Å². The summed E-state index contributed by atoms with van der Waals surface area (Å²) in [4.78, 5) is 11.8. The van der Waals surface area contributed by atoms with Crippen LogP contribution in [0.3, 0.4) is 0 Å². The van der Waals surface area contributed by atoms with E-state index < -0.39 is 0 Å². The van der Waals surface area contributed by atoms with Gasteiger partial charge in [-0.2, -0.15) is 0 Å². The van der Waals surface area contributed by atoms with Gasteiger partial charge in [0.15, 0.2) is 0 Å². The van der Waals surface area contributed by atoms with Crippen molar-refractivity contribution in [2.75, 3.05) is 18.0 Å². The number of hydrogen-bond acceptors (Lipinski definition) is 4. The molecule has 1 saturated heterocycles. The minimum absolute atomic E-state index is 0.709. The molecule has 3 rings (SSSR count). The topological polar surface area (TPSA) is 41.1 Å². The second kappa shape index (κ2) is 6.53. The van der Waals surface area contributed by atoms with E-state index >= 15 is 0 Å². The van der Waals surface area contributed by atoms with E-state index in [0.717, 1.165) is 37.1 Å². The van der Waals surface area contributed by atoms with Gasteiger partial charge in [-0.3, -0.25) is 4.98 Å². The second-order valence-corrected chi connectivity index (χ2v) is 6.10. The van der Waals surface area contributed by atoms with Crippen molar-refractivity contribution in [3.05, 3.63) is 18.1 Å². The molecule has 1 saturated carbocycles. The first-order chi connectivity index (χ1) is 9.88. The lowest BCUT2D eigenvalue weighted by Crippen LogP contribution is -2.47. The van der Waals surface area contributed by atoms with Crippen molar-refractivity contribution >= 4 is 5.82 Å². The molecule has 4 heteroatoms. The summed E-state index contributed by atoms with van der Waals surface area (Å²) in [6, 6.07) is 0.709. The molecule has 2 atom stereocenters. The summed E-state index contributed by atoms with van der Waals surface area (Å²) in [6.07, 6.45) is 12.1. The number of nitrogens with one attached hydrogen (secondary N) is 1. The standard InChI is InChI=1S/C16H26N4/c1-2-17-10-14-11-18-12-16(19-14)20-9-5-7-13-6-3-4-8-15(13)20/h11-13,15,17H,2-10H2,1H3. The Balaban J connectivity index is 1.76. The van der Waals surface area contributed by atoms with E-state index in [1.165, 1.54) is 38.5 Å². The largest absolute Gasteiger partial charge is 0.352 e. The summed E-state index contributed by atoms with van der Waals surface area (Å²) >= 11 is 0. The molecule has 110 valence electrons. The molecule has 0 spiro atoms. The molecule has 1 aliphatic carbocycles. The van der Waals surface area contributed by atoms with Crippen LogP contribution in [0.5, 0.6) is 0 Å². The van der Waals surface area contributed by atoms with Crippen LogP contribution in [0.1, 0.15) is 51.1 Å². The van der Waals surface area contributed by atoms with E-state index in [-0.39, 0.29) is 0 Å². The second-order valence-electron chi connectivity index (χ2n) is 6.10. The fourth-order valence-electron chi connectivity index (χ4n) is 3.78. The van der Waals surface area contributed by atoms with E-state index in [0.29, 0.717) is 6.04 Å². The van der Waals surface area contributed by atoms with Crippen LogP contribution in [0.4, 0.5) is 5.82 Å². The van der Waals surface area contributed by atoms with E-state index in [1.807, 2.05) is 12.4 Å². The van der Waals surface area contributed by atoms with Gasteiger partial charge >= 0.3 is 0 Å². The highest BCUT2D eigenvalue weighted by atomic mass is 15.2. The summed E-state index contributed by atoms with van der Waals surface area (Å²) in [7, 11) is 0. The van der Waals surface area contributed by atoms with Gasteiger partial charge in [-0.1, -0.05) is 19.8 Å². The Morgan fingerprint density at radius 2 is 2.05 bits per heavy atom. The quantitative estimate of drug-likeness (QED) is 0.916. The number of aromatic nitrogens is 2. The fraction of sp³-hybridized carbons (Fsp3) is 0.750. The first-order valence-electron chi connectivity index (χ1n) is 8.16. The van der Waals surface area contributed by atoms with Gasteiger partial charge in [-0.25, -0.2) is 4.98 Å². The van der Waals surface area contributed by atoms with Gasteiger partial charge in [-0.15, -0.1) is 0 Å². The predicted molar refractivity (Wildman–Crippen MR) is 81.7 cm³/mol. The van der Waals surface area contributed by atoms with Crippen LogP contribution in [0.25, 0.3) is 0 Å². The smallest absolute Gasteiger partial charge is 0.147 e. The molecule has 1 N–H and O–H groups in total. The number of anilines is 1. The maximum absolute atomic E-state index is 4.83. The Bertz CT molecular complexity index is 432. The fourth-order valence-corrected chi connectivity index (χ4v) is 3.78. The first-order valence-corrected chi connectivity index (χ1v) is 8.16. The van der Waals surface area contributed by atoms with Crippen molar-refractivity contribution in [3.8, 4) is 0 Å². The number of nitrogens with zero attached hydrogens (tertiary/aromatic N) is 3. The third kappa shape index (κ3) is 2.95. The van der Waals surface area contributed by atoms with Gasteiger partial charge < -0.3 is 10.2 Å². The SMILES string of the molecule is CCNCc1cncc(N2CCCC3CCCCC32)n1. The van der Waals surface area contributed by atoms with Crippen LogP contribution in [0.2, 0.25) is 0 Å². The molecule has 1 aromatic rings. The molecule has 2 unspecified atom stereocenters. The normalized spacial score (nSPS) is 26.4. The molecule has 0 aromatic carbocycles.